The normalized spacial score (nSPS) is 20.1. The second-order valence-corrected chi connectivity index (χ2v) is 9.44. The van der Waals surface area contributed by atoms with Gasteiger partial charge in [0.15, 0.2) is 0 Å². The van der Waals surface area contributed by atoms with Crippen LogP contribution in [-0.2, 0) is 21.4 Å². The third-order valence-corrected chi connectivity index (χ3v) is 6.92. The molecule has 1 fully saturated rings. The van der Waals surface area contributed by atoms with Gasteiger partial charge < -0.3 is 9.32 Å². The van der Waals surface area contributed by atoms with Crippen LogP contribution in [0.5, 0.6) is 0 Å². The summed E-state index contributed by atoms with van der Waals surface area (Å²) in [6.45, 7) is 2.35. The van der Waals surface area contributed by atoms with E-state index in [0.29, 0.717) is 11.8 Å². The number of rotatable bonds is 7. The maximum absolute atomic E-state index is 12.4. The van der Waals surface area contributed by atoms with Crippen molar-refractivity contribution in [3.63, 3.8) is 0 Å². The summed E-state index contributed by atoms with van der Waals surface area (Å²) in [5.74, 6) is 1.26. The lowest BCUT2D eigenvalue weighted by Gasteiger charge is -2.33. The van der Waals surface area contributed by atoms with Crippen molar-refractivity contribution in [1.82, 2.24) is 9.62 Å². The van der Waals surface area contributed by atoms with Crippen LogP contribution in [0.15, 0.2) is 58.1 Å². The first-order chi connectivity index (χ1) is 13.8. The Bertz CT molecular complexity index is 926. The molecule has 156 valence electrons. The van der Waals surface area contributed by atoms with Crippen LogP contribution in [0.4, 0.5) is 0 Å². The highest BCUT2D eigenvalue weighted by atomic mass is 32.2. The van der Waals surface area contributed by atoms with Crippen LogP contribution in [0.1, 0.15) is 43.9 Å². The fraction of sp³-hybridized carbons (Fsp3) is 0.409. The number of hydrogen-bond acceptors (Lipinski definition) is 4. The van der Waals surface area contributed by atoms with Crippen molar-refractivity contribution in [2.75, 3.05) is 7.05 Å². The first-order valence-electron chi connectivity index (χ1n) is 9.92. The maximum Gasteiger partial charge on any atom is 0.246 e. The van der Waals surface area contributed by atoms with E-state index in [1.54, 1.807) is 36.4 Å². The number of likely N-dealkylation sites (N-methyl/N-ethyl adjacent to an activating group) is 1. The summed E-state index contributed by atoms with van der Waals surface area (Å²) in [5, 5.41) is 0. The van der Waals surface area contributed by atoms with Gasteiger partial charge in [-0.15, -0.1) is 0 Å². The molecule has 1 heterocycles. The van der Waals surface area contributed by atoms with Gasteiger partial charge in [0.1, 0.15) is 5.76 Å². The largest absolute Gasteiger partial charge is 0.468 e. The minimum absolute atomic E-state index is 0.0265. The maximum atomic E-state index is 12.4. The summed E-state index contributed by atoms with van der Waals surface area (Å²) in [6.07, 6.45) is 9.20. The fourth-order valence-electron chi connectivity index (χ4n) is 3.52. The fourth-order valence-corrected chi connectivity index (χ4v) is 4.51. The lowest BCUT2D eigenvalue weighted by Crippen LogP contribution is -2.38. The van der Waals surface area contributed by atoms with Gasteiger partial charge in [-0.25, -0.2) is 13.1 Å². The van der Waals surface area contributed by atoms with Gasteiger partial charge in [-0.3, -0.25) is 4.79 Å². The number of nitrogens with zero attached hydrogens (tertiary/aromatic N) is 1. The molecule has 0 atom stereocenters. The number of amides is 1. The second-order valence-electron chi connectivity index (χ2n) is 7.67. The molecule has 1 aromatic carbocycles. The molecule has 7 heteroatoms. The number of furan rings is 1. The Morgan fingerprint density at radius 1 is 1.17 bits per heavy atom. The summed E-state index contributed by atoms with van der Waals surface area (Å²) in [7, 11) is -1.77. The number of carbonyl (C=O) groups excluding carboxylic acids is 1. The Morgan fingerprint density at radius 3 is 2.48 bits per heavy atom. The third-order valence-electron chi connectivity index (χ3n) is 5.51. The van der Waals surface area contributed by atoms with Crippen molar-refractivity contribution >= 4 is 22.0 Å². The minimum Gasteiger partial charge on any atom is -0.468 e. The molecule has 29 heavy (non-hydrogen) atoms. The zero-order chi connectivity index (χ0) is 20.9. The Balaban J connectivity index is 1.57. The Kier molecular flexibility index (Phi) is 6.92. The highest BCUT2D eigenvalue weighted by Gasteiger charge is 2.23. The predicted molar refractivity (Wildman–Crippen MR) is 112 cm³/mol. The van der Waals surface area contributed by atoms with Crippen molar-refractivity contribution in [2.45, 2.75) is 50.1 Å². The molecular weight excluding hydrogens is 388 g/mol. The smallest absolute Gasteiger partial charge is 0.246 e. The second kappa shape index (κ2) is 9.41. The molecule has 0 radical (unpaired) electrons. The van der Waals surface area contributed by atoms with Crippen molar-refractivity contribution in [1.29, 1.82) is 0 Å². The van der Waals surface area contributed by atoms with Crippen LogP contribution in [0.2, 0.25) is 0 Å². The summed E-state index contributed by atoms with van der Waals surface area (Å²) >= 11 is 0. The van der Waals surface area contributed by atoms with Crippen molar-refractivity contribution in [2.24, 2.45) is 5.92 Å². The molecular formula is C22H28N2O4S. The van der Waals surface area contributed by atoms with E-state index >= 15 is 0 Å². The zero-order valence-electron chi connectivity index (χ0n) is 16.9. The average molecular weight is 417 g/mol. The number of sulfonamides is 1. The highest BCUT2D eigenvalue weighted by Crippen LogP contribution is 2.26. The first-order valence-corrected chi connectivity index (χ1v) is 11.4. The first kappa shape index (κ1) is 21.3. The van der Waals surface area contributed by atoms with E-state index in [0.717, 1.165) is 37.2 Å². The van der Waals surface area contributed by atoms with E-state index < -0.39 is 10.0 Å². The molecule has 0 aliphatic heterocycles. The van der Waals surface area contributed by atoms with Crippen LogP contribution < -0.4 is 4.72 Å². The van der Waals surface area contributed by atoms with Gasteiger partial charge >= 0.3 is 0 Å². The number of nitrogens with one attached hydrogen (secondary N) is 1. The molecule has 1 N–H and O–H groups in total. The molecule has 1 amide bonds. The number of carbonyl (C=O) groups is 1. The Labute approximate surface area is 172 Å². The molecule has 0 spiro atoms. The quantitative estimate of drug-likeness (QED) is 0.696. The molecule has 0 bridgehead atoms. The molecule has 0 unspecified atom stereocenters. The van der Waals surface area contributed by atoms with Gasteiger partial charge in [-0.05, 0) is 67.5 Å². The van der Waals surface area contributed by atoms with Crippen molar-refractivity contribution < 1.29 is 17.6 Å². The van der Waals surface area contributed by atoms with E-state index in [4.69, 9.17) is 4.42 Å². The molecule has 3 rings (SSSR count). The monoisotopic (exact) mass is 416 g/mol. The van der Waals surface area contributed by atoms with Crippen molar-refractivity contribution in [3.05, 3.63) is 60.1 Å². The van der Waals surface area contributed by atoms with E-state index in [9.17, 15) is 13.2 Å². The zero-order valence-corrected chi connectivity index (χ0v) is 17.7. The topological polar surface area (TPSA) is 79.6 Å². The van der Waals surface area contributed by atoms with Gasteiger partial charge in [0.05, 0.1) is 17.7 Å². The molecule has 2 aromatic rings. The molecule has 1 saturated carbocycles. The molecule has 1 aromatic heterocycles. The predicted octanol–water partition coefficient (Wildman–Crippen LogP) is 3.81. The van der Waals surface area contributed by atoms with E-state index in [1.807, 2.05) is 11.9 Å². The highest BCUT2D eigenvalue weighted by molar-refractivity contribution is 7.89. The molecule has 1 aliphatic carbocycles. The lowest BCUT2D eigenvalue weighted by molar-refractivity contribution is -0.127. The van der Waals surface area contributed by atoms with Crippen LogP contribution >= 0.6 is 0 Å². The van der Waals surface area contributed by atoms with E-state index in [-0.39, 0.29) is 17.3 Å². The van der Waals surface area contributed by atoms with Gasteiger partial charge in [0, 0.05) is 19.2 Å². The SMILES string of the molecule is CC1CCC(N(C)C(=O)C=Cc2ccc(S(=O)(=O)NCc3ccco3)cc2)CC1. The average Bonchev–Trinajstić information content (AvgIpc) is 3.25. The third kappa shape index (κ3) is 5.81. The van der Waals surface area contributed by atoms with E-state index in [2.05, 4.69) is 11.6 Å². The van der Waals surface area contributed by atoms with Gasteiger partial charge in [0.25, 0.3) is 0 Å². The van der Waals surface area contributed by atoms with E-state index in [1.165, 1.54) is 18.4 Å². The van der Waals surface area contributed by atoms with Crippen molar-refractivity contribution in [3.8, 4) is 0 Å². The molecule has 1 aliphatic rings. The molecule has 6 nitrogen and oxygen atoms in total. The summed E-state index contributed by atoms with van der Waals surface area (Å²) in [4.78, 5) is 14.4. The van der Waals surface area contributed by atoms with Gasteiger partial charge in [-0.2, -0.15) is 0 Å². The molecule has 0 saturated heterocycles. The van der Waals surface area contributed by atoms with Crippen LogP contribution in [0.3, 0.4) is 0 Å². The van der Waals surface area contributed by atoms with Crippen LogP contribution in [0, 0.1) is 5.92 Å². The van der Waals surface area contributed by atoms with Gasteiger partial charge in [-0.1, -0.05) is 19.1 Å². The Morgan fingerprint density at radius 2 is 1.86 bits per heavy atom. The van der Waals surface area contributed by atoms with Crippen LogP contribution in [0.25, 0.3) is 6.08 Å². The Hall–Kier alpha value is -2.38. The number of hydrogen-bond donors (Lipinski definition) is 1. The summed E-state index contributed by atoms with van der Waals surface area (Å²) < 4.78 is 32.4. The standard InChI is InChI=1S/C22H28N2O4S/c1-17-5-10-19(11-6-17)24(2)22(25)14-9-18-7-12-21(13-8-18)29(26,27)23-16-20-4-3-15-28-20/h3-4,7-9,12-15,17,19,23H,5-6,10-11,16H2,1-2H3. The summed E-state index contributed by atoms with van der Waals surface area (Å²) in [5.41, 5.74) is 0.772. The lowest BCUT2D eigenvalue weighted by atomic mass is 9.87. The number of benzene rings is 1. The summed E-state index contributed by atoms with van der Waals surface area (Å²) in [6, 6.07) is 10.1. The minimum atomic E-state index is -3.63. The van der Waals surface area contributed by atoms with Crippen LogP contribution in [-0.4, -0.2) is 32.3 Å². The van der Waals surface area contributed by atoms with Gasteiger partial charge in [0.2, 0.25) is 15.9 Å².